The van der Waals surface area contributed by atoms with Crippen molar-refractivity contribution in [1.82, 2.24) is 0 Å². The van der Waals surface area contributed by atoms with E-state index in [1.807, 2.05) is 25.2 Å². The van der Waals surface area contributed by atoms with Crippen molar-refractivity contribution < 1.29 is 4.74 Å². The Labute approximate surface area is 84.4 Å². The van der Waals surface area contributed by atoms with Gasteiger partial charge in [-0.1, -0.05) is 0 Å². The predicted octanol–water partition coefficient (Wildman–Crippen LogP) is 0.934. The van der Waals surface area contributed by atoms with Crippen LogP contribution in [0.25, 0.3) is 0 Å². The number of likely N-dealkylation sites (N-methyl/N-ethyl adjacent to an activating group) is 1. The summed E-state index contributed by atoms with van der Waals surface area (Å²) >= 11 is 0. The third-order valence-corrected chi connectivity index (χ3v) is 2.14. The zero-order chi connectivity index (χ0) is 10.6. The summed E-state index contributed by atoms with van der Waals surface area (Å²) in [6.07, 6.45) is 0. The molecule has 0 aliphatic heterocycles. The third-order valence-electron chi connectivity index (χ3n) is 2.14. The lowest BCUT2D eigenvalue weighted by molar-refractivity contribution is 0.206. The number of hydrogen-bond donors (Lipinski definition) is 2. The summed E-state index contributed by atoms with van der Waals surface area (Å²) in [5.41, 5.74) is 13.6. The van der Waals surface area contributed by atoms with Crippen LogP contribution in [0.3, 0.4) is 0 Å². The summed E-state index contributed by atoms with van der Waals surface area (Å²) in [6, 6.07) is 5.63. The van der Waals surface area contributed by atoms with Gasteiger partial charge in [0.25, 0.3) is 0 Å². The maximum Gasteiger partial charge on any atom is 0.0637 e. The van der Waals surface area contributed by atoms with Crippen LogP contribution in [0.15, 0.2) is 18.2 Å². The molecular formula is C10H17N3O. The van der Waals surface area contributed by atoms with E-state index in [0.29, 0.717) is 18.0 Å². The Morgan fingerprint density at radius 3 is 2.57 bits per heavy atom. The summed E-state index contributed by atoms with van der Waals surface area (Å²) in [7, 11) is 3.68. The van der Waals surface area contributed by atoms with E-state index in [1.165, 1.54) is 0 Å². The van der Waals surface area contributed by atoms with Gasteiger partial charge >= 0.3 is 0 Å². The number of benzene rings is 1. The van der Waals surface area contributed by atoms with Crippen LogP contribution in [-0.4, -0.2) is 27.3 Å². The summed E-state index contributed by atoms with van der Waals surface area (Å²) in [6.45, 7) is 1.53. The highest BCUT2D eigenvalue weighted by atomic mass is 16.5. The second-order valence-electron chi connectivity index (χ2n) is 3.23. The SMILES string of the molecule is COCCN(C)c1ccc(N)c(N)c1. The normalized spacial score (nSPS) is 10.1. The second kappa shape index (κ2) is 4.72. The van der Waals surface area contributed by atoms with Crippen LogP contribution in [0, 0.1) is 0 Å². The Balaban J connectivity index is 2.70. The number of ether oxygens (including phenoxy) is 1. The van der Waals surface area contributed by atoms with Crippen molar-refractivity contribution in [1.29, 1.82) is 0 Å². The fourth-order valence-electron chi connectivity index (χ4n) is 1.16. The maximum absolute atomic E-state index is 5.70. The van der Waals surface area contributed by atoms with Crippen LogP contribution in [0.2, 0.25) is 0 Å². The lowest BCUT2D eigenvalue weighted by Gasteiger charge is -2.19. The molecule has 0 aliphatic rings. The molecule has 0 aliphatic carbocycles. The van der Waals surface area contributed by atoms with Crippen LogP contribution in [0.4, 0.5) is 17.1 Å². The molecule has 0 saturated heterocycles. The molecule has 1 aromatic rings. The molecule has 0 amide bonds. The smallest absolute Gasteiger partial charge is 0.0637 e. The molecule has 0 unspecified atom stereocenters. The van der Waals surface area contributed by atoms with Gasteiger partial charge in [-0.25, -0.2) is 0 Å². The standard InChI is InChI=1S/C10H17N3O/c1-13(5-6-14-2)8-3-4-9(11)10(12)7-8/h3-4,7H,5-6,11-12H2,1-2H3. The zero-order valence-electron chi connectivity index (χ0n) is 8.66. The van der Waals surface area contributed by atoms with Crippen molar-refractivity contribution in [2.24, 2.45) is 0 Å². The first-order valence-electron chi connectivity index (χ1n) is 4.50. The average molecular weight is 195 g/mol. The molecule has 0 spiro atoms. The molecule has 0 aromatic heterocycles. The highest BCUT2D eigenvalue weighted by molar-refractivity contribution is 5.69. The number of nitrogens with two attached hydrogens (primary N) is 2. The largest absolute Gasteiger partial charge is 0.397 e. The van der Waals surface area contributed by atoms with E-state index < -0.39 is 0 Å². The number of nitrogens with zero attached hydrogens (tertiary/aromatic N) is 1. The second-order valence-corrected chi connectivity index (χ2v) is 3.23. The van der Waals surface area contributed by atoms with Crippen molar-refractivity contribution >= 4 is 17.1 Å². The molecule has 14 heavy (non-hydrogen) atoms. The molecule has 0 radical (unpaired) electrons. The Morgan fingerprint density at radius 1 is 1.29 bits per heavy atom. The summed E-state index contributed by atoms with van der Waals surface area (Å²) in [4.78, 5) is 2.07. The fourth-order valence-corrected chi connectivity index (χ4v) is 1.16. The molecule has 78 valence electrons. The van der Waals surface area contributed by atoms with Crippen molar-refractivity contribution in [3.05, 3.63) is 18.2 Å². The Kier molecular flexibility index (Phi) is 3.59. The number of hydrogen-bond acceptors (Lipinski definition) is 4. The highest BCUT2D eigenvalue weighted by Crippen LogP contribution is 2.21. The van der Waals surface area contributed by atoms with Gasteiger partial charge in [0.15, 0.2) is 0 Å². The molecule has 0 fully saturated rings. The van der Waals surface area contributed by atoms with Gasteiger partial charge in [0.2, 0.25) is 0 Å². The van der Waals surface area contributed by atoms with Gasteiger partial charge in [0.1, 0.15) is 0 Å². The van der Waals surface area contributed by atoms with Crippen LogP contribution >= 0.6 is 0 Å². The van der Waals surface area contributed by atoms with Crippen molar-refractivity contribution in [3.63, 3.8) is 0 Å². The Hall–Kier alpha value is -1.42. The lowest BCUT2D eigenvalue weighted by Crippen LogP contribution is -2.22. The minimum absolute atomic E-state index is 0.617. The predicted molar refractivity (Wildman–Crippen MR) is 60.4 cm³/mol. The van der Waals surface area contributed by atoms with Gasteiger partial charge in [-0.3, -0.25) is 0 Å². The van der Waals surface area contributed by atoms with Gasteiger partial charge in [0.05, 0.1) is 18.0 Å². The first-order chi connectivity index (χ1) is 6.65. The fraction of sp³-hybridized carbons (Fsp3) is 0.400. The number of nitrogen functional groups attached to an aromatic ring is 2. The van der Waals surface area contributed by atoms with E-state index in [9.17, 15) is 0 Å². The van der Waals surface area contributed by atoms with Gasteiger partial charge in [-0.15, -0.1) is 0 Å². The van der Waals surface area contributed by atoms with Gasteiger partial charge in [0, 0.05) is 26.4 Å². The first kappa shape index (κ1) is 10.7. The summed E-state index contributed by atoms with van der Waals surface area (Å²) < 4.78 is 4.99. The topological polar surface area (TPSA) is 64.5 Å². The van der Waals surface area contributed by atoms with E-state index in [2.05, 4.69) is 4.90 Å². The average Bonchev–Trinajstić information content (AvgIpc) is 2.18. The molecular weight excluding hydrogens is 178 g/mol. The number of rotatable bonds is 4. The van der Waals surface area contributed by atoms with E-state index in [4.69, 9.17) is 16.2 Å². The molecule has 1 aromatic carbocycles. The number of anilines is 3. The minimum atomic E-state index is 0.617. The van der Waals surface area contributed by atoms with Crippen LogP contribution < -0.4 is 16.4 Å². The summed E-state index contributed by atoms with van der Waals surface area (Å²) in [5, 5.41) is 0. The molecule has 1 rings (SSSR count). The monoisotopic (exact) mass is 195 g/mol. The maximum atomic E-state index is 5.70. The summed E-state index contributed by atoms with van der Waals surface area (Å²) in [5.74, 6) is 0. The third kappa shape index (κ3) is 2.53. The van der Waals surface area contributed by atoms with E-state index in [-0.39, 0.29) is 0 Å². The van der Waals surface area contributed by atoms with E-state index in [1.54, 1.807) is 7.11 Å². The van der Waals surface area contributed by atoms with Gasteiger partial charge in [-0.05, 0) is 18.2 Å². The molecule has 0 heterocycles. The molecule has 0 saturated carbocycles. The molecule has 0 atom stereocenters. The lowest BCUT2D eigenvalue weighted by atomic mass is 10.2. The number of methoxy groups -OCH3 is 1. The van der Waals surface area contributed by atoms with Crippen LogP contribution in [0.1, 0.15) is 0 Å². The van der Waals surface area contributed by atoms with Crippen LogP contribution in [0.5, 0.6) is 0 Å². The van der Waals surface area contributed by atoms with Gasteiger partial charge < -0.3 is 21.1 Å². The Morgan fingerprint density at radius 2 is 2.00 bits per heavy atom. The first-order valence-corrected chi connectivity index (χ1v) is 4.50. The highest BCUT2D eigenvalue weighted by Gasteiger charge is 2.02. The van der Waals surface area contributed by atoms with Crippen molar-refractivity contribution in [3.8, 4) is 0 Å². The Bertz CT molecular complexity index is 301. The van der Waals surface area contributed by atoms with E-state index >= 15 is 0 Å². The molecule has 4 heteroatoms. The molecule has 0 bridgehead atoms. The minimum Gasteiger partial charge on any atom is -0.397 e. The van der Waals surface area contributed by atoms with Gasteiger partial charge in [-0.2, -0.15) is 0 Å². The zero-order valence-corrected chi connectivity index (χ0v) is 8.66. The van der Waals surface area contributed by atoms with Crippen LogP contribution in [-0.2, 0) is 4.74 Å². The van der Waals surface area contributed by atoms with E-state index in [0.717, 1.165) is 12.2 Å². The van der Waals surface area contributed by atoms with Crippen molar-refractivity contribution in [2.45, 2.75) is 0 Å². The molecule has 4 nitrogen and oxygen atoms in total. The van der Waals surface area contributed by atoms with Crippen molar-refractivity contribution in [2.75, 3.05) is 43.7 Å². The molecule has 4 N–H and O–H groups in total. The quantitative estimate of drug-likeness (QED) is 0.702.